The number of ketones is 1. The van der Waals surface area contributed by atoms with Crippen molar-refractivity contribution in [3.63, 3.8) is 0 Å². The Labute approximate surface area is 62.4 Å². The molecule has 0 unspecified atom stereocenters. The Hall–Kier alpha value is -0.850. The number of hydrogen-bond acceptors (Lipinski definition) is 1. The molecule has 0 radical (unpaired) electrons. The molecule has 0 aromatic rings. The van der Waals surface area contributed by atoms with Gasteiger partial charge >= 0.3 is 0 Å². The normalized spacial score (nSPS) is 11.8. The highest BCUT2D eigenvalue weighted by atomic mass is 16.1. The molecule has 0 saturated heterocycles. The summed E-state index contributed by atoms with van der Waals surface area (Å²) in [5.74, 6) is 0.288. The molecule has 0 aromatic carbocycles. The Balaban J connectivity index is 4.21. The molecule has 1 nitrogen and oxygen atoms in total. The van der Waals surface area contributed by atoms with Gasteiger partial charge in [0.1, 0.15) is 0 Å². The van der Waals surface area contributed by atoms with Crippen LogP contribution in [0.4, 0.5) is 0 Å². The van der Waals surface area contributed by atoms with E-state index in [0.717, 1.165) is 5.57 Å². The molecule has 0 saturated carbocycles. The lowest BCUT2D eigenvalue weighted by molar-refractivity contribution is -0.118. The summed E-state index contributed by atoms with van der Waals surface area (Å²) < 4.78 is 0. The molecule has 0 amide bonds. The van der Waals surface area contributed by atoms with Crippen LogP contribution in [-0.4, -0.2) is 5.78 Å². The predicted molar refractivity (Wildman–Crippen MR) is 43.8 cm³/mol. The lowest BCUT2D eigenvalue weighted by Crippen LogP contribution is -2.07. The summed E-state index contributed by atoms with van der Waals surface area (Å²) >= 11 is 0. The number of rotatable bonds is 3. The molecule has 0 aliphatic rings. The molecule has 0 aromatic heterocycles. The Bertz CT molecular complexity index is 164. The molecular weight excluding hydrogens is 124 g/mol. The van der Waals surface area contributed by atoms with Gasteiger partial charge in [-0.3, -0.25) is 4.79 Å². The Morgan fingerprint density at radius 2 is 2.00 bits per heavy atom. The van der Waals surface area contributed by atoms with Crippen LogP contribution >= 0.6 is 0 Å². The van der Waals surface area contributed by atoms with Crippen LogP contribution < -0.4 is 0 Å². The van der Waals surface area contributed by atoms with Gasteiger partial charge in [-0.05, 0) is 12.5 Å². The molecule has 0 atom stereocenters. The van der Waals surface area contributed by atoms with Crippen LogP contribution in [0.15, 0.2) is 24.3 Å². The first-order valence-corrected chi connectivity index (χ1v) is 3.43. The summed E-state index contributed by atoms with van der Waals surface area (Å²) in [6.45, 7) is 9.11. The summed E-state index contributed by atoms with van der Waals surface area (Å²) in [5, 5.41) is 0. The van der Waals surface area contributed by atoms with Gasteiger partial charge < -0.3 is 0 Å². The third kappa shape index (κ3) is 2.62. The average Bonchev–Trinajstić information content (AvgIpc) is 1.87. The van der Waals surface area contributed by atoms with Gasteiger partial charge in [-0.1, -0.05) is 32.6 Å². The quantitative estimate of drug-likeness (QED) is 0.432. The molecule has 0 bridgehead atoms. The van der Waals surface area contributed by atoms with E-state index in [0.29, 0.717) is 0 Å². The zero-order valence-electron chi connectivity index (χ0n) is 6.85. The summed E-state index contributed by atoms with van der Waals surface area (Å²) in [4.78, 5) is 11.1. The van der Waals surface area contributed by atoms with Crippen molar-refractivity contribution >= 4 is 5.78 Å². The molecule has 0 heterocycles. The van der Waals surface area contributed by atoms with E-state index in [1.807, 2.05) is 20.8 Å². The van der Waals surface area contributed by atoms with Gasteiger partial charge in [-0.25, -0.2) is 0 Å². The smallest absolute Gasteiger partial charge is 0.161 e. The van der Waals surface area contributed by atoms with Gasteiger partial charge in [0.2, 0.25) is 0 Å². The van der Waals surface area contributed by atoms with E-state index in [1.54, 1.807) is 12.2 Å². The monoisotopic (exact) mass is 138 g/mol. The van der Waals surface area contributed by atoms with Gasteiger partial charge in [-0.15, -0.1) is 0 Å². The highest BCUT2D eigenvalue weighted by molar-refractivity contribution is 5.96. The van der Waals surface area contributed by atoms with Crippen molar-refractivity contribution in [1.82, 2.24) is 0 Å². The highest BCUT2D eigenvalue weighted by Crippen LogP contribution is 2.04. The molecule has 0 aliphatic carbocycles. The van der Waals surface area contributed by atoms with E-state index >= 15 is 0 Å². The van der Waals surface area contributed by atoms with Crippen molar-refractivity contribution < 1.29 is 4.79 Å². The molecule has 0 aliphatic heterocycles. The number of carbonyl (C=O) groups excluding carboxylic acids is 1. The first kappa shape index (κ1) is 9.15. The second-order valence-corrected chi connectivity index (χ2v) is 2.60. The maximum absolute atomic E-state index is 11.1. The SMILES string of the molecule is C=C/C=C(\C)C(=O)C(C)C. The Morgan fingerprint density at radius 3 is 2.30 bits per heavy atom. The van der Waals surface area contributed by atoms with Crippen molar-refractivity contribution in [2.75, 3.05) is 0 Å². The second-order valence-electron chi connectivity index (χ2n) is 2.60. The van der Waals surface area contributed by atoms with Crippen LogP contribution in [0.3, 0.4) is 0 Å². The van der Waals surface area contributed by atoms with Crippen LogP contribution in [0.5, 0.6) is 0 Å². The molecule has 0 fully saturated rings. The van der Waals surface area contributed by atoms with Gasteiger partial charge in [0.15, 0.2) is 5.78 Å². The molecule has 0 N–H and O–H groups in total. The van der Waals surface area contributed by atoms with E-state index in [-0.39, 0.29) is 11.7 Å². The lowest BCUT2D eigenvalue weighted by atomic mass is 10.0. The van der Waals surface area contributed by atoms with Crippen LogP contribution in [-0.2, 0) is 4.79 Å². The minimum atomic E-state index is 0.0937. The van der Waals surface area contributed by atoms with E-state index < -0.39 is 0 Å². The molecule has 0 spiro atoms. The van der Waals surface area contributed by atoms with E-state index in [9.17, 15) is 4.79 Å². The van der Waals surface area contributed by atoms with Crippen LogP contribution in [0.1, 0.15) is 20.8 Å². The Morgan fingerprint density at radius 1 is 1.50 bits per heavy atom. The number of Topliss-reactive ketones (excluding diaryl/α,β-unsaturated/α-hetero) is 1. The van der Waals surface area contributed by atoms with E-state index in [2.05, 4.69) is 6.58 Å². The summed E-state index contributed by atoms with van der Waals surface area (Å²) in [5.41, 5.74) is 0.782. The van der Waals surface area contributed by atoms with Crippen LogP contribution in [0, 0.1) is 5.92 Å². The highest BCUT2D eigenvalue weighted by Gasteiger charge is 2.07. The summed E-state index contributed by atoms with van der Waals surface area (Å²) in [6.07, 6.45) is 3.37. The fourth-order valence-electron chi connectivity index (χ4n) is 0.714. The minimum absolute atomic E-state index is 0.0937. The van der Waals surface area contributed by atoms with Gasteiger partial charge in [0.25, 0.3) is 0 Å². The largest absolute Gasteiger partial charge is 0.294 e. The maximum Gasteiger partial charge on any atom is 0.161 e. The molecule has 0 rings (SSSR count). The first-order chi connectivity index (χ1) is 4.59. The lowest BCUT2D eigenvalue weighted by Gasteiger charge is -2.01. The standard InChI is InChI=1S/C9H14O/c1-5-6-8(4)9(10)7(2)3/h5-7H,1H2,2-4H3/b8-6+. The van der Waals surface area contributed by atoms with Crippen molar-refractivity contribution in [3.8, 4) is 0 Å². The number of allylic oxidation sites excluding steroid dienone is 3. The molecular formula is C9H14O. The van der Waals surface area contributed by atoms with Crippen molar-refractivity contribution in [3.05, 3.63) is 24.3 Å². The van der Waals surface area contributed by atoms with Gasteiger partial charge in [-0.2, -0.15) is 0 Å². The fraction of sp³-hybridized carbons (Fsp3) is 0.444. The number of carbonyl (C=O) groups is 1. The zero-order valence-corrected chi connectivity index (χ0v) is 6.85. The summed E-state index contributed by atoms with van der Waals surface area (Å²) in [6, 6.07) is 0. The first-order valence-electron chi connectivity index (χ1n) is 3.43. The summed E-state index contributed by atoms with van der Waals surface area (Å²) in [7, 11) is 0. The van der Waals surface area contributed by atoms with Crippen molar-refractivity contribution in [2.45, 2.75) is 20.8 Å². The minimum Gasteiger partial charge on any atom is -0.294 e. The van der Waals surface area contributed by atoms with Gasteiger partial charge in [0, 0.05) is 5.92 Å². The third-order valence-corrected chi connectivity index (χ3v) is 1.28. The zero-order chi connectivity index (χ0) is 8.15. The number of hydrogen-bond donors (Lipinski definition) is 0. The fourth-order valence-corrected chi connectivity index (χ4v) is 0.714. The van der Waals surface area contributed by atoms with Crippen LogP contribution in [0.25, 0.3) is 0 Å². The van der Waals surface area contributed by atoms with Crippen molar-refractivity contribution in [2.24, 2.45) is 5.92 Å². The molecule has 10 heavy (non-hydrogen) atoms. The predicted octanol–water partition coefficient (Wildman–Crippen LogP) is 2.34. The molecule has 56 valence electrons. The third-order valence-electron chi connectivity index (χ3n) is 1.28. The van der Waals surface area contributed by atoms with Crippen LogP contribution in [0.2, 0.25) is 0 Å². The maximum atomic E-state index is 11.1. The average molecular weight is 138 g/mol. The Kier molecular flexibility index (Phi) is 3.70. The van der Waals surface area contributed by atoms with E-state index in [4.69, 9.17) is 0 Å². The van der Waals surface area contributed by atoms with E-state index in [1.165, 1.54) is 0 Å². The second kappa shape index (κ2) is 4.04. The van der Waals surface area contributed by atoms with Gasteiger partial charge in [0.05, 0.1) is 0 Å². The van der Waals surface area contributed by atoms with Crippen molar-refractivity contribution in [1.29, 1.82) is 0 Å². The molecule has 1 heteroatoms. The topological polar surface area (TPSA) is 17.1 Å².